The maximum atomic E-state index is 12.2. The number of methoxy groups -OCH3 is 1. The van der Waals surface area contributed by atoms with E-state index in [1.54, 1.807) is 29.2 Å². The molecule has 0 fully saturated rings. The van der Waals surface area contributed by atoms with Gasteiger partial charge in [-0.15, -0.1) is 0 Å². The van der Waals surface area contributed by atoms with E-state index in [4.69, 9.17) is 4.74 Å². The van der Waals surface area contributed by atoms with E-state index in [1.807, 2.05) is 13.8 Å². The zero-order valence-corrected chi connectivity index (χ0v) is 14.2. The molecule has 0 aliphatic carbocycles. The van der Waals surface area contributed by atoms with Crippen molar-refractivity contribution >= 4 is 27.8 Å². The summed E-state index contributed by atoms with van der Waals surface area (Å²) >= 11 is 3.35. The van der Waals surface area contributed by atoms with Crippen LogP contribution in [0.4, 0.5) is 0 Å². The third-order valence-electron chi connectivity index (χ3n) is 3.13. The van der Waals surface area contributed by atoms with E-state index in [2.05, 4.69) is 21.0 Å². The fourth-order valence-electron chi connectivity index (χ4n) is 1.86. The van der Waals surface area contributed by atoms with Crippen LogP contribution in [0.15, 0.2) is 35.1 Å². The first-order valence-electron chi connectivity index (χ1n) is 6.75. The highest BCUT2D eigenvalue weighted by atomic mass is 79.9. The number of aromatic nitrogens is 2. The number of rotatable bonds is 5. The van der Waals surface area contributed by atoms with Gasteiger partial charge in [0.15, 0.2) is 17.3 Å². The Balaban J connectivity index is 2.22. The standard InChI is InChI=1S/C16H17BrN2O3/c1-10(2)19-9-12(8-18-19)14(20)5-4-11-6-16(22-3)15(21)7-13(11)17/h4-10,21H,1-3H3. The maximum Gasteiger partial charge on any atom is 0.189 e. The molecule has 0 spiro atoms. The summed E-state index contributed by atoms with van der Waals surface area (Å²) in [4.78, 5) is 12.2. The fraction of sp³-hybridized carbons (Fsp3) is 0.250. The van der Waals surface area contributed by atoms with Crippen molar-refractivity contribution in [3.05, 3.63) is 46.2 Å². The van der Waals surface area contributed by atoms with E-state index in [0.29, 0.717) is 15.8 Å². The first-order valence-corrected chi connectivity index (χ1v) is 7.54. The SMILES string of the molecule is COc1cc(C=CC(=O)c2cnn(C(C)C)c2)c(Br)cc1O. The quantitative estimate of drug-likeness (QED) is 0.646. The summed E-state index contributed by atoms with van der Waals surface area (Å²) in [5.41, 5.74) is 1.27. The molecule has 1 aromatic heterocycles. The minimum absolute atomic E-state index is 0.0380. The van der Waals surface area contributed by atoms with Crippen molar-refractivity contribution in [2.45, 2.75) is 19.9 Å². The molecule has 0 unspecified atom stereocenters. The predicted molar refractivity (Wildman–Crippen MR) is 88.3 cm³/mol. The van der Waals surface area contributed by atoms with Crippen LogP contribution in [0.5, 0.6) is 11.5 Å². The number of hydrogen-bond donors (Lipinski definition) is 1. The Bertz CT molecular complexity index is 720. The summed E-state index contributed by atoms with van der Waals surface area (Å²) in [6.07, 6.45) is 6.42. The maximum absolute atomic E-state index is 12.2. The summed E-state index contributed by atoms with van der Waals surface area (Å²) in [5.74, 6) is 0.254. The Labute approximate surface area is 137 Å². The number of ether oxygens (including phenoxy) is 1. The normalized spacial score (nSPS) is 11.3. The van der Waals surface area contributed by atoms with Crippen LogP contribution in [0.1, 0.15) is 35.8 Å². The topological polar surface area (TPSA) is 64.3 Å². The van der Waals surface area contributed by atoms with Gasteiger partial charge in [0.25, 0.3) is 0 Å². The van der Waals surface area contributed by atoms with Gasteiger partial charge in [-0.3, -0.25) is 9.48 Å². The molecule has 0 bridgehead atoms. The number of aromatic hydroxyl groups is 1. The van der Waals surface area contributed by atoms with Gasteiger partial charge in [-0.1, -0.05) is 15.9 Å². The second kappa shape index (κ2) is 6.79. The van der Waals surface area contributed by atoms with E-state index in [9.17, 15) is 9.90 Å². The van der Waals surface area contributed by atoms with Crippen LogP contribution in [-0.2, 0) is 0 Å². The molecule has 1 N–H and O–H groups in total. The molecule has 2 aromatic rings. The Morgan fingerprint density at radius 2 is 2.18 bits per heavy atom. The van der Waals surface area contributed by atoms with Crippen LogP contribution >= 0.6 is 15.9 Å². The molecule has 116 valence electrons. The molecule has 6 heteroatoms. The second-order valence-corrected chi connectivity index (χ2v) is 5.90. The summed E-state index contributed by atoms with van der Waals surface area (Å²) in [7, 11) is 1.47. The highest BCUT2D eigenvalue weighted by Crippen LogP contribution is 2.33. The number of hydrogen-bond acceptors (Lipinski definition) is 4. The van der Waals surface area contributed by atoms with Gasteiger partial charge in [0, 0.05) is 16.7 Å². The molecular weight excluding hydrogens is 348 g/mol. The molecule has 0 saturated heterocycles. The second-order valence-electron chi connectivity index (χ2n) is 5.05. The Kier molecular flexibility index (Phi) is 5.03. The van der Waals surface area contributed by atoms with Crippen LogP contribution < -0.4 is 4.74 Å². The third kappa shape index (κ3) is 3.57. The van der Waals surface area contributed by atoms with Crippen molar-refractivity contribution < 1.29 is 14.6 Å². The largest absolute Gasteiger partial charge is 0.504 e. The van der Waals surface area contributed by atoms with E-state index in [1.165, 1.54) is 19.3 Å². The minimum Gasteiger partial charge on any atom is -0.504 e. The Morgan fingerprint density at radius 1 is 1.45 bits per heavy atom. The van der Waals surface area contributed by atoms with Crippen molar-refractivity contribution in [2.24, 2.45) is 0 Å². The lowest BCUT2D eigenvalue weighted by molar-refractivity contribution is 0.104. The highest BCUT2D eigenvalue weighted by Gasteiger charge is 2.09. The lowest BCUT2D eigenvalue weighted by Crippen LogP contribution is -2.00. The predicted octanol–water partition coefficient (Wildman–Crippen LogP) is 3.84. The first kappa shape index (κ1) is 16.3. The lowest BCUT2D eigenvalue weighted by Gasteiger charge is -2.06. The van der Waals surface area contributed by atoms with Crippen molar-refractivity contribution in [3.63, 3.8) is 0 Å². The van der Waals surface area contributed by atoms with Gasteiger partial charge in [0.05, 0.1) is 18.9 Å². The molecule has 1 aromatic carbocycles. The number of ketones is 1. The smallest absolute Gasteiger partial charge is 0.189 e. The molecule has 0 amide bonds. The summed E-state index contributed by atoms with van der Waals surface area (Å²) in [6, 6.07) is 3.39. The van der Waals surface area contributed by atoms with Crippen molar-refractivity contribution in [2.75, 3.05) is 7.11 Å². The first-order chi connectivity index (χ1) is 10.4. The van der Waals surface area contributed by atoms with E-state index >= 15 is 0 Å². The average molecular weight is 365 g/mol. The molecule has 5 nitrogen and oxygen atoms in total. The zero-order valence-electron chi connectivity index (χ0n) is 12.6. The van der Waals surface area contributed by atoms with Gasteiger partial charge in [-0.2, -0.15) is 5.10 Å². The summed E-state index contributed by atoms with van der Waals surface area (Å²) in [5, 5.41) is 13.8. The van der Waals surface area contributed by atoms with E-state index < -0.39 is 0 Å². The monoisotopic (exact) mass is 364 g/mol. The number of benzene rings is 1. The highest BCUT2D eigenvalue weighted by molar-refractivity contribution is 9.10. The summed E-state index contributed by atoms with van der Waals surface area (Å²) in [6.45, 7) is 3.99. The van der Waals surface area contributed by atoms with Gasteiger partial charge >= 0.3 is 0 Å². The molecule has 2 rings (SSSR count). The Morgan fingerprint density at radius 3 is 2.77 bits per heavy atom. The van der Waals surface area contributed by atoms with Gasteiger partial charge in [0.1, 0.15) is 0 Å². The van der Waals surface area contributed by atoms with Crippen molar-refractivity contribution in [1.29, 1.82) is 0 Å². The van der Waals surface area contributed by atoms with Gasteiger partial charge in [0.2, 0.25) is 0 Å². The van der Waals surface area contributed by atoms with Crippen LogP contribution in [0, 0.1) is 0 Å². The molecule has 1 heterocycles. The zero-order chi connectivity index (χ0) is 16.3. The third-order valence-corrected chi connectivity index (χ3v) is 3.81. The van der Waals surface area contributed by atoms with E-state index in [0.717, 1.165) is 5.56 Å². The van der Waals surface area contributed by atoms with Crippen LogP contribution in [0.3, 0.4) is 0 Å². The molecule has 0 aliphatic rings. The van der Waals surface area contributed by atoms with Gasteiger partial charge in [-0.05, 0) is 43.7 Å². The number of carbonyl (C=O) groups is 1. The van der Waals surface area contributed by atoms with Crippen LogP contribution in [0.2, 0.25) is 0 Å². The number of carbonyl (C=O) groups excluding carboxylic acids is 1. The number of phenolic OH excluding ortho intramolecular Hbond substituents is 1. The van der Waals surface area contributed by atoms with Gasteiger partial charge < -0.3 is 9.84 Å². The number of allylic oxidation sites excluding steroid dienone is 1. The molecule has 0 saturated carbocycles. The molecule has 0 atom stereocenters. The average Bonchev–Trinajstić information content (AvgIpc) is 2.96. The Hall–Kier alpha value is -2.08. The fourth-order valence-corrected chi connectivity index (χ4v) is 2.32. The lowest BCUT2D eigenvalue weighted by atomic mass is 10.1. The summed E-state index contributed by atoms with van der Waals surface area (Å²) < 4.78 is 7.47. The van der Waals surface area contributed by atoms with E-state index in [-0.39, 0.29) is 17.6 Å². The molecular formula is C16H17BrN2O3. The van der Waals surface area contributed by atoms with Crippen LogP contribution in [-0.4, -0.2) is 27.8 Å². The minimum atomic E-state index is -0.133. The molecule has 22 heavy (non-hydrogen) atoms. The number of nitrogens with zero attached hydrogens (tertiary/aromatic N) is 2. The number of halogens is 1. The van der Waals surface area contributed by atoms with Crippen LogP contribution in [0.25, 0.3) is 6.08 Å². The van der Waals surface area contributed by atoms with Crippen molar-refractivity contribution in [3.8, 4) is 11.5 Å². The number of phenols is 1. The molecule has 0 radical (unpaired) electrons. The molecule has 0 aliphatic heterocycles. The van der Waals surface area contributed by atoms with Crippen molar-refractivity contribution in [1.82, 2.24) is 9.78 Å². The van der Waals surface area contributed by atoms with Gasteiger partial charge in [-0.25, -0.2) is 0 Å².